The summed E-state index contributed by atoms with van der Waals surface area (Å²) in [5.74, 6) is -0.510. The molecule has 4 atom stereocenters. The lowest BCUT2D eigenvalue weighted by Crippen LogP contribution is -2.30. The van der Waals surface area contributed by atoms with Gasteiger partial charge in [0.05, 0.1) is 6.10 Å². The van der Waals surface area contributed by atoms with Crippen molar-refractivity contribution in [2.75, 3.05) is 7.11 Å². The van der Waals surface area contributed by atoms with Crippen LogP contribution in [-0.4, -0.2) is 37.5 Å². The number of hydrogen-bond donors (Lipinski definition) is 0. The van der Waals surface area contributed by atoms with Gasteiger partial charge in [-0.3, -0.25) is 0 Å². The van der Waals surface area contributed by atoms with Crippen LogP contribution in [0.25, 0.3) is 0 Å². The second-order valence-corrected chi connectivity index (χ2v) is 4.01. The maximum absolute atomic E-state index is 5.69. The van der Waals surface area contributed by atoms with Crippen molar-refractivity contribution < 1.29 is 18.9 Å². The summed E-state index contributed by atoms with van der Waals surface area (Å²) < 4.78 is 22.0. The van der Waals surface area contributed by atoms with Gasteiger partial charge >= 0.3 is 0 Å². The quantitative estimate of drug-likeness (QED) is 0.612. The van der Waals surface area contributed by atoms with E-state index >= 15 is 0 Å². The summed E-state index contributed by atoms with van der Waals surface area (Å²) in [4.78, 5) is 0. The molecule has 0 aromatic rings. The van der Waals surface area contributed by atoms with Crippen LogP contribution in [0.5, 0.6) is 0 Å². The molecule has 0 unspecified atom stereocenters. The minimum Gasteiger partial charge on any atom is -0.353 e. The van der Waals surface area contributed by atoms with Gasteiger partial charge in [-0.1, -0.05) is 0 Å². The van der Waals surface area contributed by atoms with Crippen LogP contribution in [0.3, 0.4) is 0 Å². The van der Waals surface area contributed by atoms with E-state index in [4.69, 9.17) is 18.9 Å². The summed E-state index contributed by atoms with van der Waals surface area (Å²) in [5.41, 5.74) is 0. The Kier molecular flexibility index (Phi) is 2.11. The second-order valence-electron chi connectivity index (χ2n) is 4.01. The second kappa shape index (κ2) is 2.92. The van der Waals surface area contributed by atoms with Gasteiger partial charge in [0.2, 0.25) is 0 Å². The lowest BCUT2D eigenvalue weighted by Gasteiger charge is -2.22. The van der Waals surface area contributed by atoms with Crippen LogP contribution in [0.2, 0.25) is 0 Å². The van der Waals surface area contributed by atoms with Gasteiger partial charge in [0.15, 0.2) is 12.1 Å². The van der Waals surface area contributed by atoms with Crippen LogP contribution < -0.4 is 0 Å². The highest BCUT2D eigenvalue weighted by atomic mass is 16.8. The van der Waals surface area contributed by atoms with Gasteiger partial charge in [0.1, 0.15) is 12.2 Å². The van der Waals surface area contributed by atoms with Crippen molar-refractivity contribution in [2.24, 2.45) is 0 Å². The average molecular weight is 188 g/mol. The summed E-state index contributed by atoms with van der Waals surface area (Å²) in [6, 6.07) is 0. The molecule has 4 heteroatoms. The predicted molar refractivity (Wildman–Crippen MR) is 45.2 cm³/mol. The molecule has 0 aliphatic carbocycles. The van der Waals surface area contributed by atoms with E-state index in [1.165, 1.54) is 0 Å². The molecule has 2 aliphatic heterocycles. The van der Waals surface area contributed by atoms with Gasteiger partial charge in [-0.2, -0.15) is 0 Å². The molecule has 0 aromatic heterocycles. The third-order valence-corrected chi connectivity index (χ3v) is 2.48. The predicted octanol–water partition coefficient (Wildman–Crippen LogP) is 0.898. The van der Waals surface area contributed by atoms with Crippen LogP contribution in [0.4, 0.5) is 0 Å². The van der Waals surface area contributed by atoms with Crippen molar-refractivity contribution in [2.45, 2.75) is 51.2 Å². The molecule has 76 valence electrons. The molecule has 0 amide bonds. The van der Waals surface area contributed by atoms with Crippen LogP contribution in [0.15, 0.2) is 0 Å². The molecular weight excluding hydrogens is 172 g/mol. The molecule has 2 aliphatic rings. The molecule has 0 aromatic carbocycles. The SMILES string of the molecule is CO[C@@H]1O[C@H](C)[C@@H]2OC(C)(C)O[C@H]12. The summed E-state index contributed by atoms with van der Waals surface area (Å²) in [5, 5.41) is 0. The zero-order chi connectivity index (χ0) is 9.64. The Hall–Kier alpha value is -0.160. The standard InChI is InChI=1S/C9H16O4/c1-5-6-7(8(10-4)11-5)13-9(2,3)12-6/h5-8H,1-4H3/t5-,6+,7+,8-/m1/s1. The molecule has 0 N–H and O–H groups in total. The number of ether oxygens (including phenoxy) is 4. The molecule has 2 saturated heterocycles. The molecule has 2 fully saturated rings. The Labute approximate surface area is 78.1 Å². The smallest absolute Gasteiger partial charge is 0.186 e. The molecule has 0 spiro atoms. The first kappa shape index (κ1) is 9.40. The fourth-order valence-electron chi connectivity index (χ4n) is 1.95. The Morgan fingerprint density at radius 1 is 1.15 bits per heavy atom. The third-order valence-electron chi connectivity index (χ3n) is 2.48. The van der Waals surface area contributed by atoms with Crippen molar-refractivity contribution in [1.29, 1.82) is 0 Å². The van der Waals surface area contributed by atoms with Gasteiger partial charge in [-0.25, -0.2) is 0 Å². The topological polar surface area (TPSA) is 36.9 Å². The minimum absolute atomic E-state index is 0.0000463. The molecule has 4 nitrogen and oxygen atoms in total. The van der Waals surface area contributed by atoms with Crippen LogP contribution >= 0.6 is 0 Å². The van der Waals surface area contributed by atoms with Crippen LogP contribution in [0.1, 0.15) is 20.8 Å². The summed E-state index contributed by atoms with van der Waals surface area (Å²) >= 11 is 0. The summed E-state index contributed by atoms with van der Waals surface area (Å²) in [6.45, 7) is 5.79. The molecule has 0 bridgehead atoms. The first-order valence-corrected chi connectivity index (χ1v) is 4.57. The summed E-state index contributed by atoms with van der Waals surface area (Å²) in [6.07, 6.45) is -0.339. The van der Waals surface area contributed by atoms with Gasteiger partial charge in [-0.15, -0.1) is 0 Å². The van der Waals surface area contributed by atoms with Crippen molar-refractivity contribution in [1.82, 2.24) is 0 Å². The van der Waals surface area contributed by atoms with E-state index in [0.717, 1.165) is 0 Å². The zero-order valence-electron chi connectivity index (χ0n) is 8.44. The van der Waals surface area contributed by atoms with E-state index in [0.29, 0.717) is 0 Å². The van der Waals surface area contributed by atoms with Gasteiger partial charge < -0.3 is 18.9 Å². The maximum atomic E-state index is 5.69. The number of rotatable bonds is 1. The molecular formula is C9H16O4. The van der Waals surface area contributed by atoms with E-state index in [9.17, 15) is 0 Å². The number of hydrogen-bond acceptors (Lipinski definition) is 4. The van der Waals surface area contributed by atoms with Crippen LogP contribution in [0, 0.1) is 0 Å². The largest absolute Gasteiger partial charge is 0.353 e. The maximum Gasteiger partial charge on any atom is 0.186 e. The number of fused-ring (bicyclic) bond motifs is 1. The Balaban J connectivity index is 2.12. The Morgan fingerprint density at radius 2 is 1.77 bits per heavy atom. The van der Waals surface area contributed by atoms with Crippen molar-refractivity contribution in [3.63, 3.8) is 0 Å². The highest BCUT2D eigenvalue weighted by Gasteiger charge is 2.53. The van der Waals surface area contributed by atoms with E-state index in [1.54, 1.807) is 7.11 Å². The molecule has 13 heavy (non-hydrogen) atoms. The highest BCUT2D eigenvalue weighted by Crippen LogP contribution is 2.38. The molecule has 0 saturated carbocycles. The minimum atomic E-state index is -0.510. The van der Waals surface area contributed by atoms with Crippen LogP contribution in [-0.2, 0) is 18.9 Å². The van der Waals surface area contributed by atoms with E-state index in [1.807, 2.05) is 20.8 Å². The first-order chi connectivity index (χ1) is 6.03. The van der Waals surface area contributed by atoms with Crippen molar-refractivity contribution >= 4 is 0 Å². The fraction of sp³-hybridized carbons (Fsp3) is 1.00. The van der Waals surface area contributed by atoms with Gasteiger partial charge in [0.25, 0.3) is 0 Å². The lowest BCUT2D eigenvalue weighted by molar-refractivity contribution is -0.224. The Morgan fingerprint density at radius 3 is 2.38 bits per heavy atom. The van der Waals surface area contributed by atoms with Gasteiger partial charge in [0, 0.05) is 7.11 Å². The Bertz CT molecular complexity index is 204. The fourth-order valence-corrected chi connectivity index (χ4v) is 1.95. The first-order valence-electron chi connectivity index (χ1n) is 4.57. The van der Waals surface area contributed by atoms with Gasteiger partial charge in [-0.05, 0) is 20.8 Å². The monoisotopic (exact) mass is 188 g/mol. The molecule has 2 rings (SSSR count). The third kappa shape index (κ3) is 1.48. The van der Waals surface area contributed by atoms with E-state index < -0.39 is 5.79 Å². The molecule has 0 radical (unpaired) electrons. The average Bonchev–Trinajstić information content (AvgIpc) is 2.47. The van der Waals surface area contributed by atoms with E-state index in [2.05, 4.69) is 0 Å². The van der Waals surface area contributed by atoms with E-state index in [-0.39, 0.29) is 24.6 Å². The van der Waals surface area contributed by atoms with Crippen molar-refractivity contribution in [3.8, 4) is 0 Å². The number of methoxy groups -OCH3 is 1. The highest BCUT2D eigenvalue weighted by molar-refractivity contribution is 4.93. The summed E-state index contributed by atoms with van der Waals surface area (Å²) in [7, 11) is 1.62. The molecule has 2 heterocycles. The lowest BCUT2D eigenvalue weighted by atomic mass is 10.2. The zero-order valence-corrected chi connectivity index (χ0v) is 8.44. The van der Waals surface area contributed by atoms with Crippen molar-refractivity contribution in [3.05, 3.63) is 0 Å². The normalized spacial score (nSPS) is 48.0.